The fourth-order valence-corrected chi connectivity index (χ4v) is 2.93. The van der Waals surface area contributed by atoms with Gasteiger partial charge in [-0.05, 0) is 24.8 Å². The maximum atomic E-state index is 12.5. The van der Waals surface area contributed by atoms with Crippen LogP contribution in [0.15, 0.2) is 52.0 Å². The number of carbonyl (C=O) groups excluding carboxylic acids is 2. The standard InChI is InChI=1S/C19H20Cl3NO3/c20-16(17(21)22)12-26-19(25)15-9-5-4-8-14(15)18(24)23-11-10-13-6-2-1-3-7-13/h1-7,14-15H,8-12H2,(H,23,24)/t14-,15+/m0/s1. The largest absolute Gasteiger partial charge is 0.460 e. The summed E-state index contributed by atoms with van der Waals surface area (Å²) in [6.07, 6.45) is 5.47. The van der Waals surface area contributed by atoms with Crippen LogP contribution in [0.3, 0.4) is 0 Å². The van der Waals surface area contributed by atoms with Crippen molar-refractivity contribution in [1.29, 1.82) is 0 Å². The monoisotopic (exact) mass is 415 g/mol. The van der Waals surface area contributed by atoms with Crippen molar-refractivity contribution < 1.29 is 14.3 Å². The minimum atomic E-state index is -0.546. The van der Waals surface area contributed by atoms with E-state index in [1.807, 2.05) is 42.5 Å². The molecule has 0 heterocycles. The summed E-state index contributed by atoms with van der Waals surface area (Å²) in [6.45, 7) is 0.312. The van der Waals surface area contributed by atoms with E-state index >= 15 is 0 Å². The molecular weight excluding hydrogens is 397 g/mol. The van der Waals surface area contributed by atoms with Crippen molar-refractivity contribution in [2.24, 2.45) is 11.8 Å². The Bertz CT molecular complexity index is 685. The molecule has 0 aliphatic heterocycles. The van der Waals surface area contributed by atoms with E-state index in [-0.39, 0.29) is 22.0 Å². The highest BCUT2D eigenvalue weighted by molar-refractivity contribution is 6.59. The molecular formula is C19H20Cl3NO3. The highest BCUT2D eigenvalue weighted by Crippen LogP contribution is 2.28. The van der Waals surface area contributed by atoms with Crippen LogP contribution in [0.5, 0.6) is 0 Å². The summed E-state index contributed by atoms with van der Waals surface area (Å²) in [7, 11) is 0. The fourth-order valence-electron chi connectivity index (χ4n) is 2.77. The second-order valence-corrected chi connectivity index (χ2v) is 7.36. The van der Waals surface area contributed by atoms with E-state index < -0.39 is 17.8 Å². The summed E-state index contributed by atoms with van der Waals surface area (Å²) in [4.78, 5) is 24.9. The average molecular weight is 417 g/mol. The highest BCUT2D eigenvalue weighted by Gasteiger charge is 2.35. The smallest absolute Gasteiger partial charge is 0.310 e. The van der Waals surface area contributed by atoms with E-state index in [4.69, 9.17) is 39.5 Å². The number of hydrogen-bond acceptors (Lipinski definition) is 3. The first-order valence-corrected chi connectivity index (χ1v) is 9.45. The minimum Gasteiger partial charge on any atom is -0.460 e. The second-order valence-electron chi connectivity index (χ2n) is 5.96. The van der Waals surface area contributed by atoms with Crippen LogP contribution in [0.4, 0.5) is 0 Å². The number of esters is 1. The number of amides is 1. The molecule has 1 aromatic rings. The van der Waals surface area contributed by atoms with Gasteiger partial charge in [0.1, 0.15) is 11.1 Å². The van der Waals surface area contributed by atoms with E-state index in [9.17, 15) is 9.59 Å². The first-order valence-electron chi connectivity index (χ1n) is 8.32. The molecule has 0 aromatic heterocycles. The quantitative estimate of drug-likeness (QED) is 0.531. The van der Waals surface area contributed by atoms with Crippen molar-refractivity contribution in [1.82, 2.24) is 5.32 Å². The normalized spacial score (nSPS) is 18.9. The maximum Gasteiger partial charge on any atom is 0.310 e. The maximum absolute atomic E-state index is 12.5. The number of ether oxygens (including phenoxy) is 1. The Morgan fingerprint density at radius 2 is 1.69 bits per heavy atom. The average Bonchev–Trinajstić information content (AvgIpc) is 2.66. The summed E-state index contributed by atoms with van der Waals surface area (Å²) in [5.41, 5.74) is 1.15. The summed E-state index contributed by atoms with van der Waals surface area (Å²) in [5, 5.41) is 2.96. The van der Waals surface area contributed by atoms with Crippen LogP contribution >= 0.6 is 34.8 Å². The Balaban J connectivity index is 1.88. The van der Waals surface area contributed by atoms with Gasteiger partial charge < -0.3 is 10.1 Å². The molecule has 1 aliphatic carbocycles. The van der Waals surface area contributed by atoms with Crippen LogP contribution < -0.4 is 5.32 Å². The number of benzene rings is 1. The number of hydrogen-bond donors (Lipinski definition) is 1. The first-order chi connectivity index (χ1) is 12.5. The molecule has 0 saturated heterocycles. The molecule has 1 aliphatic rings. The van der Waals surface area contributed by atoms with Crippen LogP contribution in [0, 0.1) is 11.8 Å². The number of halogens is 3. The molecule has 0 unspecified atom stereocenters. The van der Waals surface area contributed by atoms with Crippen molar-refractivity contribution in [2.45, 2.75) is 19.3 Å². The number of carbonyl (C=O) groups is 2. The molecule has 2 rings (SSSR count). The van der Waals surface area contributed by atoms with Crippen LogP contribution in [0.2, 0.25) is 0 Å². The third-order valence-electron chi connectivity index (χ3n) is 4.17. The summed E-state index contributed by atoms with van der Waals surface area (Å²) >= 11 is 16.8. The Morgan fingerprint density at radius 1 is 1.04 bits per heavy atom. The van der Waals surface area contributed by atoms with Gasteiger partial charge in [-0.15, -0.1) is 0 Å². The lowest BCUT2D eigenvalue weighted by Gasteiger charge is -2.26. The molecule has 0 bridgehead atoms. The van der Waals surface area contributed by atoms with E-state index in [2.05, 4.69) is 5.32 Å². The van der Waals surface area contributed by atoms with Crippen LogP contribution in [-0.2, 0) is 20.7 Å². The Morgan fingerprint density at radius 3 is 2.35 bits per heavy atom. The highest BCUT2D eigenvalue weighted by atomic mass is 35.5. The topological polar surface area (TPSA) is 55.4 Å². The molecule has 26 heavy (non-hydrogen) atoms. The van der Waals surface area contributed by atoms with Gasteiger partial charge in [-0.1, -0.05) is 77.3 Å². The van der Waals surface area contributed by atoms with Crippen LogP contribution in [0.25, 0.3) is 0 Å². The third-order valence-corrected chi connectivity index (χ3v) is 5.12. The molecule has 2 atom stereocenters. The summed E-state index contributed by atoms with van der Waals surface area (Å²) in [6, 6.07) is 9.89. The predicted octanol–water partition coefficient (Wildman–Crippen LogP) is 4.36. The van der Waals surface area contributed by atoms with Gasteiger partial charge >= 0.3 is 5.97 Å². The predicted molar refractivity (Wildman–Crippen MR) is 104 cm³/mol. The molecule has 1 aromatic carbocycles. The van der Waals surface area contributed by atoms with Gasteiger partial charge in [0.2, 0.25) is 5.91 Å². The number of allylic oxidation sites excluding steroid dienone is 2. The lowest BCUT2D eigenvalue weighted by atomic mass is 9.82. The molecule has 0 saturated carbocycles. The SMILES string of the molecule is O=C(NCCc1ccccc1)[C@H]1CC=CC[C@H]1C(=O)OCC(Cl)=C(Cl)Cl. The molecule has 0 radical (unpaired) electrons. The molecule has 4 nitrogen and oxygen atoms in total. The van der Waals surface area contributed by atoms with Gasteiger partial charge in [0.15, 0.2) is 0 Å². The van der Waals surface area contributed by atoms with Crippen LogP contribution in [-0.4, -0.2) is 25.0 Å². The molecule has 1 amide bonds. The van der Waals surface area contributed by atoms with Gasteiger partial charge in [0.05, 0.1) is 16.9 Å². The molecule has 0 spiro atoms. The van der Waals surface area contributed by atoms with Gasteiger partial charge in [0.25, 0.3) is 0 Å². The van der Waals surface area contributed by atoms with Crippen molar-refractivity contribution in [3.8, 4) is 0 Å². The first kappa shape index (κ1) is 20.8. The summed E-state index contributed by atoms with van der Waals surface area (Å²) < 4.78 is 5.01. The zero-order chi connectivity index (χ0) is 18.9. The zero-order valence-electron chi connectivity index (χ0n) is 14.1. The van der Waals surface area contributed by atoms with Gasteiger partial charge in [-0.2, -0.15) is 0 Å². The Hall–Kier alpha value is -1.49. The van der Waals surface area contributed by atoms with Crippen LogP contribution in [0.1, 0.15) is 18.4 Å². The van der Waals surface area contributed by atoms with Crippen molar-refractivity contribution in [3.63, 3.8) is 0 Å². The molecule has 0 fully saturated rings. The lowest BCUT2D eigenvalue weighted by Crippen LogP contribution is -2.40. The van der Waals surface area contributed by atoms with Crippen molar-refractivity contribution in [2.75, 3.05) is 13.2 Å². The van der Waals surface area contributed by atoms with E-state index in [0.29, 0.717) is 19.4 Å². The van der Waals surface area contributed by atoms with Crippen molar-refractivity contribution >= 4 is 46.7 Å². The number of nitrogens with one attached hydrogen (secondary N) is 1. The van der Waals surface area contributed by atoms with Gasteiger partial charge in [0, 0.05) is 6.54 Å². The summed E-state index contributed by atoms with van der Waals surface area (Å²) in [5.74, 6) is -1.64. The fraction of sp³-hybridized carbons (Fsp3) is 0.368. The lowest BCUT2D eigenvalue weighted by molar-refractivity contribution is -0.152. The second kappa shape index (κ2) is 10.6. The molecule has 140 valence electrons. The molecule has 1 N–H and O–H groups in total. The van der Waals surface area contributed by atoms with E-state index in [0.717, 1.165) is 12.0 Å². The van der Waals surface area contributed by atoms with E-state index in [1.54, 1.807) is 0 Å². The minimum absolute atomic E-state index is 0.0527. The van der Waals surface area contributed by atoms with Gasteiger partial charge in [-0.25, -0.2) is 0 Å². The van der Waals surface area contributed by atoms with Gasteiger partial charge in [-0.3, -0.25) is 9.59 Å². The Kier molecular flexibility index (Phi) is 8.49. The Labute approximate surface area is 168 Å². The number of rotatable bonds is 7. The van der Waals surface area contributed by atoms with E-state index in [1.165, 1.54) is 0 Å². The molecule has 7 heteroatoms. The van der Waals surface area contributed by atoms with Crippen molar-refractivity contribution in [3.05, 3.63) is 57.6 Å². The zero-order valence-corrected chi connectivity index (χ0v) is 16.4. The third kappa shape index (κ3) is 6.35.